The molecule has 0 radical (unpaired) electrons. The number of amides is 1. The van der Waals surface area contributed by atoms with E-state index in [1.807, 2.05) is 0 Å². The van der Waals surface area contributed by atoms with Crippen molar-refractivity contribution in [3.8, 4) is 5.88 Å². The summed E-state index contributed by atoms with van der Waals surface area (Å²) in [5.41, 5.74) is 5.84. The van der Waals surface area contributed by atoms with Crippen molar-refractivity contribution in [1.29, 1.82) is 0 Å². The molecule has 0 aliphatic heterocycles. The first-order valence-electron chi connectivity index (χ1n) is 6.53. The summed E-state index contributed by atoms with van der Waals surface area (Å²) >= 11 is 11.2. The number of aromatic nitrogens is 1. The number of carbonyl (C=O) groups is 1. The topological polar surface area (TPSA) is 120 Å². The molecule has 25 heavy (non-hydrogen) atoms. The minimum atomic E-state index is -4.08. The maximum Gasteiger partial charge on any atom is 0.287 e. The van der Waals surface area contributed by atoms with Crippen LogP contribution >= 0.6 is 23.2 Å². The molecule has 1 aromatic carbocycles. The third-order valence-corrected chi connectivity index (χ3v) is 3.63. The van der Waals surface area contributed by atoms with E-state index in [0.717, 1.165) is 0 Å². The summed E-state index contributed by atoms with van der Waals surface area (Å²) in [4.78, 5) is 14.5. The van der Waals surface area contributed by atoms with Gasteiger partial charge in [-0.25, -0.2) is 4.98 Å². The van der Waals surface area contributed by atoms with Crippen LogP contribution < -0.4 is 10.5 Å². The molecule has 1 amide bonds. The third-order valence-electron chi connectivity index (χ3n) is 2.60. The van der Waals surface area contributed by atoms with E-state index in [0.29, 0.717) is 21.9 Å². The zero-order valence-corrected chi connectivity index (χ0v) is 15.2. The van der Waals surface area contributed by atoms with Crippen molar-refractivity contribution < 1.29 is 22.5 Å². The number of ether oxygens (including phenoxy) is 1. The van der Waals surface area contributed by atoms with Crippen molar-refractivity contribution in [2.45, 2.75) is 0 Å². The van der Waals surface area contributed by atoms with Gasteiger partial charge in [0, 0.05) is 17.3 Å². The SMILES string of the molecule is COc1ccc(/C=C/S(=O)(=O)O)cn1.NC(=O)c1ccc(Cl)cc1Cl. The number of hydrogen-bond donors (Lipinski definition) is 2. The number of nitrogens with two attached hydrogens (primary N) is 1. The number of carbonyl (C=O) groups excluding carboxylic acids is 1. The molecule has 0 aliphatic rings. The highest BCUT2D eigenvalue weighted by Crippen LogP contribution is 2.20. The summed E-state index contributed by atoms with van der Waals surface area (Å²) in [6.07, 6.45) is 2.67. The van der Waals surface area contributed by atoms with Crippen molar-refractivity contribution in [3.05, 3.63) is 63.1 Å². The highest BCUT2D eigenvalue weighted by molar-refractivity contribution is 7.88. The normalized spacial score (nSPS) is 10.9. The molecule has 1 heterocycles. The van der Waals surface area contributed by atoms with E-state index in [-0.39, 0.29) is 10.6 Å². The molecular formula is C15H14Cl2N2O5S. The number of primary amides is 1. The predicted octanol–water partition coefficient (Wildman–Crippen LogP) is 3.04. The molecule has 3 N–H and O–H groups in total. The van der Waals surface area contributed by atoms with Crippen molar-refractivity contribution in [2.75, 3.05) is 7.11 Å². The molecule has 0 fully saturated rings. The monoisotopic (exact) mass is 404 g/mol. The number of halogens is 2. The summed E-state index contributed by atoms with van der Waals surface area (Å²) in [6.45, 7) is 0. The van der Waals surface area contributed by atoms with Crippen LogP contribution in [0.15, 0.2) is 41.9 Å². The average molecular weight is 405 g/mol. The molecular weight excluding hydrogens is 391 g/mol. The van der Waals surface area contributed by atoms with Crippen LogP contribution in [0.1, 0.15) is 15.9 Å². The number of pyridine rings is 1. The second-order valence-corrected chi connectivity index (χ2v) is 6.59. The number of rotatable bonds is 4. The fraction of sp³-hybridized carbons (Fsp3) is 0.0667. The van der Waals surface area contributed by atoms with Crippen LogP contribution in [-0.4, -0.2) is 31.0 Å². The summed E-state index contributed by atoms with van der Waals surface area (Å²) in [7, 11) is -2.60. The Morgan fingerprint density at radius 2 is 1.96 bits per heavy atom. The number of hydrogen-bond acceptors (Lipinski definition) is 5. The Morgan fingerprint density at radius 1 is 1.28 bits per heavy atom. The van der Waals surface area contributed by atoms with Gasteiger partial charge in [0.25, 0.3) is 10.1 Å². The highest BCUT2D eigenvalue weighted by atomic mass is 35.5. The van der Waals surface area contributed by atoms with Crippen LogP contribution in [0.3, 0.4) is 0 Å². The van der Waals surface area contributed by atoms with Crippen molar-refractivity contribution in [2.24, 2.45) is 5.73 Å². The number of methoxy groups -OCH3 is 1. The largest absolute Gasteiger partial charge is 0.481 e. The van der Waals surface area contributed by atoms with Gasteiger partial charge in [-0.2, -0.15) is 8.42 Å². The maximum absolute atomic E-state index is 10.6. The maximum atomic E-state index is 10.6. The molecule has 10 heteroatoms. The summed E-state index contributed by atoms with van der Waals surface area (Å²) in [5, 5.41) is 1.46. The molecule has 134 valence electrons. The standard InChI is InChI=1S/C8H9NO4S.C7H5Cl2NO/c1-13-8-3-2-7(6-9-8)4-5-14(10,11)12;8-4-1-2-5(7(10)11)6(9)3-4/h2-6H,1H3,(H,10,11,12);1-3H,(H2,10,11)/b5-4+;. The summed E-state index contributed by atoms with van der Waals surface area (Å²) < 4.78 is 33.9. The Balaban J connectivity index is 0.000000257. The summed E-state index contributed by atoms with van der Waals surface area (Å²) in [6, 6.07) is 7.74. The van der Waals surface area contributed by atoms with Gasteiger partial charge in [-0.1, -0.05) is 23.2 Å². The zero-order valence-electron chi connectivity index (χ0n) is 12.9. The Hall–Kier alpha value is -2.13. The smallest absolute Gasteiger partial charge is 0.287 e. The predicted molar refractivity (Wildman–Crippen MR) is 96.4 cm³/mol. The van der Waals surface area contributed by atoms with E-state index in [1.165, 1.54) is 31.5 Å². The average Bonchev–Trinajstić information content (AvgIpc) is 2.53. The minimum Gasteiger partial charge on any atom is -0.481 e. The lowest BCUT2D eigenvalue weighted by molar-refractivity contribution is 0.100. The minimum absolute atomic E-state index is 0.282. The zero-order chi connectivity index (χ0) is 19.0. The third kappa shape index (κ3) is 7.99. The Kier molecular flexibility index (Phi) is 7.85. The van der Waals surface area contributed by atoms with Crippen LogP contribution in [-0.2, 0) is 10.1 Å². The van der Waals surface area contributed by atoms with E-state index >= 15 is 0 Å². The fourth-order valence-corrected chi connectivity index (χ4v) is 2.30. The van der Waals surface area contributed by atoms with Gasteiger partial charge < -0.3 is 10.5 Å². The molecule has 0 bridgehead atoms. The van der Waals surface area contributed by atoms with Gasteiger partial charge in [0.1, 0.15) is 0 Å². The first-order valence-corrected chi connectivity index (χ1v) is 8.79. The molecule has 0 aliphatic carbocycles. The van der Waals surface area contributed by atoms with Crippen LogP contribution in [0, 0.1) is 0 Å². The molecule has 2 rings (SSSR count). The van der Waals surface area contributed by atoms with Crippen LogP contribution in [0.25, 0.3) is 6.08 Å². The molecule has 2 aromatic rings. The first kappa shape index (κ1) is 20.9. The van der Waals surface area contributed by atoms with E-state index in [1.54, 1.807) is 18.2 Å². The van der Waals surface area contributed by atoms with E-state index in [2.05, 4.69) is 4.98 Å². The molecule has 1 aromatic heterocycles. The fourth-order valence-electron chi connectivity index (χ4n) is 1.46. The van der Waals surface area contributed by atoms with Gasteiger partial charge in [0.15, 0.2) is 0 Å². The second-order valence-electron chi connectivity index (χ2n) is 4.44. The second kappa shape index (κ2) is 9.38. The lowest BCUT2D eigenvalue weighted by Gasteiger charge is -1.97. The molecule has 0 spiro atoms. The molecule has 0 saturated heterocycles. The van der Waals surface area contributed by atoms with Gasteiger partial charge >= 0.3 is 0 Å². The first-order chi connectivity index (χ1) is 11.6. The van der Waals surface area contributed by atoms with Gasteiger partial charge in [-0.3, -0.25) is 9.35 Å². The summed E-state index contributed by atoms with van der Waals surface area (Å²) in [5.74, 6) is -0.110. The highest BCUT2D eigenvalue weighted by Gasteiger charge is 2.05. The van der Waals surface area contributed by atoms with Crippen molar-refractivity contribution in [3.63, 3.8) is 0 Å². The van der Waals surface area contributed by atoms with Crippen LogP contribution in [0.4, 0.5) is 0 Å². The van der Waals surface area contributed by atoms with E-state index < -0.39 is 16.0 Å². The van der Waals surface area contributed by atoms with Crippen LogP contribution in [0.5, 0.6) is 5.88 Å². The van der Waals surface area contributed by atoms with E-state index in [4.69, 9.17) is 38.2 Å². The molecule has 0 unspecified atom stereocenters. The Bertz CT molecular complexity index is 868. The Labute approximate surface area is 154 Å². The quantitative estimate of drug-likeness (QED) is 0.755. The number of benzene rings is 1. The lowest BCUT2D eigenvalue weighted by atomic mass is 10.2. The molecule has 7 nitrogen and oxygen atoms in total. The lowest BCUT2D eigenvalue weighted by Crippen LogP contribution is -2.11. The van der Waals surface area contributed by atoms with Crippen molar-refractivity contribution in [1.82, 2.24) is 4.98 Å². The Morgan fingerprint density at radius 3 is 2.40 bits per heavy atom. The van der Waals surface area contributed by atoms with Gasteiger partial charge in [-0.15, -0.1) is 0 Å². The van der Waals surface area contributed by atoms with Crippen LogP contribution in [0.2, 0.25) is 10.0 Å². The van der Waals surface area contributed by atoms with E-state index in [9.17, 15) is 13.2 Å². The molecule has 0 saturated carbocycles. The molecule has 0 atom stereocenters. The van der Waals surface area contributed by atoms with Gasteiger partial charge in [0.2, 0.25) is 11.8 Å². The van der Waals surface area contributed by atoms with Gasteiger partial charge in [0.05, 0.1) is 23.1 Å². The van der Waals surface area contributed by atoms with Crippen molar-refractivity contribution >= 4 is 45.3 Å². The van der Waals surface area contributed by atoms with Gasteiger partial charge in [-0.05, 0) is 35.9 Å². The number of nitrogens with zero attached hydrogens (tertiary/aromatic N) is 1.